The average molecular weight is 288 g/mol. The molecule has 5 nitrogen and oxygen atoms in total. The molecule has 0 saturated carbocycles. The monoisotopic (exact) mass is 288 g/mol. The molecule has 112 valence electrons. The van der Waals surface area contributed by atoms with Gasteiger partial charge in [-0.25, -0.2) is 0 Å². The molecule has 1 saturated heterocycles. The van der Waals surface area contributed by atoms with Crippen LogP contribution in [0.1, 0.15) is 29.9 Å². The summed E-state index contributed by atoms with van der Waals surface area (Å²) in [6, 6.07) is 6.08. The number of morpholine rings is 1. The van der Waals surface area contributed by atoms with E-state index in [0.29, 0.717) is 12.8 Å². The van der Waals surface area contributed by atoms with Crippen LogP contribution in [0.15, 0.2) is 18.2 Å². The van der Waals surface area contributed by atoms with E-state index in [9.17, 15) is 9.59 Å². The van der Waals surface area contributed by atoms with Gasteiger partial charge in [0.25, 0.3) is 0 Å². The lowest BCUT2D eigenvalue weighted by Gasteiger charge is -2.29. The number of Topliss-reactive ketones (excluding diaryl/α,β-unsaturated/α-hetero) is 1. The van der Waals surface area contributed by atoms with Crippen LogP contribution in [-0.4, -0.2) is 44.4 Å². The number of ether oxygens (including phenoxy) is 1. The van der Waals surface area contributed by atoms with E-state index in [1.807, 2.05) is 12.1 Å². The van der Waals surface area contributed by atoms with Crippen LogP contribution in [0, 0.1) is 0 Å². The van der Waals surface area contributed by atoms with Gasteiger partial charge in [0, 0.05) is 31.2 Å². The van der Waals surface area contributed by atoms with Crippen LogP contribution in [0.4, 0.5) is 5.69 Å². The van der Waals surface area contributed by atoms with E-state index in [2.05, 4.69) is 23.6 Å². The number of benzene rings is 1. The van der Waals surface area contributed by atoms with Crippen molar-refractivity contribution in [2.75, 3.05) is 31.6 Å². The predicted octanol–water partition coefficient (Wildman–Crippen LogP) is 1.06. The van der Waals surface area contributed by atoms with Crippen LogP contribution in [0.3, 0.4) is 0 Å². The fourth-order valence-electron chi connectivity index (χ4n) is 3.09. The summed E-state index contributed by atoms with van der Waals surface area (Å²) in [6.45, 7) is 5.17. The Hall–Kier alpha value is -1.72. The van der Waals surface area contributed by atoms with Gasteiger partial charge in [0.05, 0.1) is 18.6 Å². The van der Waals surface area contributed by atoms with Crippen molar-refractivity contribution in [1.82, 2.24) is 5.32 Å². The summed E-state index contributed by atoms with van der Waals surface area (Å²) < 4.78 is 5.81. The van der Waals surface area contributed by atoms with Crippen LogP contribution >= 0.6 is 0 Å². The van der Waals surface area contributed by atoms with Crippen LogP contribution < -0.4 is 10.6 Å². The first kappa shape index (κ1) is 14.2. The van der Waals surface area contributed by atoms with Gasteiger partial charge in [-0.2, -0.15) is 0 Å². The standard InChI is InChI=1S/C16H20N2O3/c1-10(16-8-17-4-5-21-16)11-2-3-12-13(15(20)9-19)7-18-14(12)6-11/h2-3,6,9-10,13,16-18H,4-5,7-8H2,1H3. The number of carbonyl (C=O) groups is 2. The van der Waals surface area contributed by atoms with Crippen molar-refractivity contribution in [3.63, 3.8) is 0 Å². The van der Waals surface area contributed by atoms with E-state index in [1.165, 1.54) is 5.56 Å². The van der Waals surface area contributed by atoms with Crippen molar-refractivity contribution in [2.24, 2.45) is 0 Å². The summed E-state index contributed by atoms with van der Waals surface area (Å²) in [5, 5.41) is 6.57. The smallest absolute Gasteiger partial charge is 0.204 e. The van der Waals surface area contributed by atoms with Gasteiger partial charge in [0.1, 0.15) is 0 Å². The highest BCUT2D eigenvalue weighted by molar-refractivity contribution is 6.28. The van der Waals surface area contributed by atoms with Gasteiger partial charge in [0.15, 0.2) is 6.29 Å². The summed E-state index contributed by atoms with van der Waals surface area (Å²) in [5.41, 5.74) is 3.07. The van der Waals surface area contributed by atoms with E-state index in [1.54, 1.807) is 0 Å². The minimum Gasteiger partial charge on any atom is -0.384 e. The fourth-order valence-corrected chi connectivity index (χ4v) is 3.09. The lowest BCUT2D eigenvalue weighted by atomic mass is 9.90. The van der Waals surface area contributed by atoms with Crippen molar-refractivity contribution in [1.29, 1.82) is 0 Å². The molecule has 0 aromatic heterocycles. The highest BCUT2D eigenvalue weighted by Crippen LogP contribution is 2.35. The molecule has 3 rings (SSSR count). The molecule has 0 amide bonds. The van der Waals surface area contributed by atoms with Crippen LogP contribution in [-0.2, 0) is 14.3 Å². The number of hydrogen-bond donors (Lipinski definition) is 2. The lowest BCUT2D eigenvalue weighted by Crippen LogP contribution is -2.41. The number of fused-ring (bicyclic) bond motifs is 1. The second-order valence-corrected chi connectivity index (χ2v) is 5.70. The zero-order chi connectivity index (χ0) is 14.8. The minimum atomic E-state index is -0.359. The Kier molecular flexibility index (Phi) is 4.03. The molecule has 0 spiro atoms. The Balaban J connectivity index is 1.80. The Morgan fingerprint density at radius 1 is 1.43 bits per heavy atom. The molecule has 3 unspecified atom stereocenters. The zero-order valence-corrected chi connectivity index (χ0v) is 12.1. The molecule has 2 N–H and O–H groups in total. The number of nitrogens with one attached hydrogen (secondary N) is 2. The summed E-state index contributed by atoms with van der Waals surface area (Å²) in [6.07, 6.45) is 0.588. The average Bonchev–Trinajstić information content (AvgIpc) is 2.97. The molecule has 0 bridgehead atoms. The van der Waals surface area contributed by atoms with Crippen LogP contribution in [0.2, 0.25) is 0 Å². The van der Waals surface area contributed by atoms with Crippen molar-refractivity contribution in [3.8, 4) is 0 Å². The lowest BCUT2D eigenvalue weighted by molar-refractivity contribution is -0.130. The first-order valence-corrected chi connectivity index (χ1v) is 7.39. The highest BCUT2D eigenvalue weighted by atomic mass is 16.5. The van der Waals surface area contributed by atoms with Gasteiger partial charge in [0.2, 0.25) is 5.78 Å². The number of anilines is 1. The largest absolute Gasteiger partial charge is 0.384 e. The summed E-state index contributed by atoms with van der Waals surface area (Å²) in [4.78, 5) is 22.3. The molecule has 1 aromatic carbocycles. The van der Waals surface area contributed by atoms with E-state index in [-0.39, 0.29) is 23.7 Å². The molecule has 21 heavy (non-hydrogen) atoms. The fraction of sp³-hybridized carbons (Fsp3) is 0.500. The van der Waals surface area contributed by atoms with Crippen LogP contribution in [0.25, 0.3) is 0 Å². The molecule has 2 heterocycles. The molecule has 2 aliphatic rings. The molecular weight excluding hydrogens is 268 g/mol. The maximum absolute atomic E-state index is 11.6. The Labute approximate surface area is 124 Å². The Morgan fingerprint density at radius 2 is 2.29 bits per heavy atom. The molecular formula is C16H20N2O3. The summed E-state index contributed by atoms with van der Waals surface area (Å²) in [7, 11) is 0. The van der Waals surface area contributed by atoms with Gasteiger partial charge >= 0.3 is 0 Å². The first-order valence-electron chi connectivity index (χ1n) is 7.39. The maximum Gasteiger partial charge on any atom is 0.204 e. The predicted molar refractivity (Wildman–Crippen MR) is 79.8 cm³/mol. The van der Waals surface area contributed by atoms with E-state index in [0.717, 1.165) is 30.9 Å². The normalized spacial score (nSPS) is 25.8. The quantitative estimate of drug-likeness (QED) is 0.640. The van der Waals surface area contributed by atoms with Crippen molar-refractivity contribution >= 4 is 17.8 Å². The Bertz CT molecular complexity index is 552. The molecule has 1 fully saturated rings. The van der Waals surface area contributed by atoms with Gasteiger partial charge in [-0.15, -0.1) is 0 Å². The number of ketones is 1. The van der Waals surface area contributed by atoms with E-state index < -0.39 is 0 Å². The molecule has 3 atom stereocenters. The van der Waals surface area contributed by atoms with E-state index in [4.69, 9.17) is 4.74 Å². The molecule has 0 radical (unpaired) electrons. The summed E-state index contributed by atoms with van der Waals surface area (Å²) in [5.74, 6) is -0.415. The number of carbonyl (C=O) groups excluding carboxylic acids is 2. The molecule has 1 aromatic rings. The van der Waals surface area contributed by atoms with Gasteiger partial charge in [-0.1, -0.05) is 19.1 Å². The number of hydrogen-bond acceptors (Lipinski definition) is 5. The van der Waals surface area contributed by atoms with Gasteiger partial charge < -0.3 is 15.4 Å². The third kappa shape index (κ3) is 2.71. The minimum absolute atomic E-state index is 0.172. The van der Waals surface area contributed by atoms with Crippen molar-refractivity contribution in [2.45, 2.75) is 24.9 Å². The topological polar surface area (TPSA) is 67.4 Å². The third-order valence-electron chi connectivity index (χ3n) is 4.45. The number of aldehydes is 1. The van der Waals surface area contributed by atoms with Crippen molar-refractivity contribution in [3.05, 3.63) is 29.3 Å². The SMILES string of the molecule is CC(c1ccc2c(c1)NCC2C(=O)C=O)C1CNCCO1. The second kappa shape index (κ2) is 5.95. The van der Waals surface area contributed by atoms with Crippen LogP contribution in [0.5, 0.6) is 0 Å². The third-order valence-corrected chi connectivity index (χ3v) is 4.45. The number of rotatable bonds is 4. The highest BCUT2D eigenvalue weighted by Gasteiger charge is 2.29. The van der Waals surface area contributed by atoms with E-state index >= 15 is 0 Å². The van der Waals surface area contributed by atoms with Gasteiger partial charge in [-0.05, 0) is 17.2 Å². The molecule has 0 aliphatic carbocycles. The van der Waals surface area contributed by atoms with Gasteiger partial charge in [-0.3, -0.25) is 9.59 Å². The maximum atomic E-state index is 11.6. The molecule has 2 aliphatic heterocycles. The first-order chi connectivity index (χ1) is 10.2. The van der Waals surface area contributed by atoms with Crippen molar-refractivity contribution < 1.29 is 14.3 Å². The zero-order valence-electron chi connectivity index (χ0n) is 12.1. The second-order valence-electron chi connectivity index (χ2n) is 5.70. The summed E-state index contributed by atoms with van der Waals surface area (Å²) >= 11 is 0. The Morgan fingerprint density at radius 3 is 3.00 bits per heavy atom. The molecule has 5 heteroatoms.